The van der Waals surface area contributed by atoms with Crippen LogP contribution in [0.15, 0.2) is 60.8 Å². The van der Waals surface area contributed by atoms with Crippen molar-refractivity contribution in [1.29, 1.82) is 0 Å². The van der Waals surface area contributed by atoms with Crippen LogP contribution in [0, 0.1) is 0 Å². The highest BCUT2D eigenvalue weighted by molar-refractivity contribution is 6.08. The monoisotopic (exact) mass is 333 g/mol. The summed E-state index contributed by atoms with van der Waals surface area (Å²) in [6, 6.07) is 17.6. The molecule has 5 heteroatoms. The van der Waals surface area contributed by atoms with E-state index < -0.39 is 0 Å². The maximum Gasteiger partial charge on any atom is 0.259 e. The first-order valence-corrected chi connectivity index (χ1v) is 8.39. The zero-order valence-electron chi connectivity index (χ0n) is 13.8. The van der Waals surface area contributed by atoms with Crippen LogP contribution in [0.5, 0.6) is 0 Å². The molecule has 2 heterocycles. The first-order chi connectivity index (χ1) is 12.3. The Morgan fingerprint density at radius 1 is 1.00 bits per heavy atom. The number of pyridine rings is 1. The third kappa shape index (κ3) is 3.32. The standard InChI is InChI=1S/C20H19N3O2/c24-20(22-17-8-7-15-4-1-2-5-16(15)14-17)18-6-3-9-21-19(18)23-10-12-25-13-11-23/h1-9,14H,10-13H2,(H,22,24). The lowest BCUT2D eigenvalue weighted by molar-refractivity contribution is 0.102. The Hall–Kier alpha value is -2.92. The highest BCUT2D eigenvalue weighted by Gasteiger charge is 2.19. The lowest BCUT2D eigenvalue weighted by Gasteiger charge is -2.29. The molecular formula is C20H19N3O2. The molecule has 1 aromatic heterocycles. The molecule has 2 aromatic carbocycles. The molecule has 0 unspecified atom stereocenters. The van der Waals surface area contributed by atoms with Crippen molar-refractivity contribution in [3.8, 4) is 0 Å². The first-order valence-electron chi connectivity index (χ1n) is 8.39. The largest absolute Gasteiger partial charge is 0.378 e. The Kier molecular flexibility index (Phi) is 4.31. The topological polar surface area (TPSA) is 54.5 Å². The Labute approximate surface area is 146 Å². The molecule has 0 radical (unpaired) electrons. The average Bonchev–Trinajstić information content (AvgIpc) is 2.68. The fourth-order valence-electron chi connectivity index (χ4n) is 3.07. The highest BCUT2D eigenvalue weighted by Crippen LogP contribution is 2.22. The molecule has 5 nitrogen and oxygen atoms in total. The van der Waals surface area contributed by atoms with Crippen LogP contribution in [0.25, 0.3) is 10.8 Å². The van der Waals surface area contributed by atoms with E-state index in [0.717, 1.165) is 29.5 Å². The maximum atomic E-state index is 12.8. The molecule has 0 spiro atoms. The number of nitrogens with zero attached hydrogens (tertiary/aromatic N) is 2. The summed E-state index contributed by atoms with van der Waals surface area (Å²) in [5, 5.41) is 5.24. The van der Waals surface area contributed by atoms with Gasteiger partial charge in [-0.1, -0.05) is 30.3 Å². The molecule has 0 atom stereocenters. The number of anilines is 2. The lowest BCUT2D eigenvalue weighted by Crippen LogP contribution is -2.38. The molecule has 1 aliphatic heterocycles. The number of carbonyl (C=O) groups excluding carboxylic acids is 1. The summed E-state index contributed by atoms with van der Waals surface area (Å²) in [5.41, 5.74) is 1.36. The molecule has 3 aromatic rings. The minimum atomic E-state index is -0.148. The van der Waals surface area contributed by atoms with Crippen molar-refractivity contribution >= 4 is 28.2 Å². The van der Waals surface area contributed by atoms with Gasteiger partial charge in [-0.25, -0.2) is 4.98 Å². The van der Waals surface area contributed by atoms with E-state index in [1.54, 1.807) is 12.3 Å². The van der Waals surface area contributed by atoms with Gasteiger partial charge in [-0.05, 0) is 35.0 Å². The predicted molar refractivity (Wildman–Crippen MR) is 99.2 cm³/mol. The minimum absolute atomic E-state index is 0.148. The van der Waals surface area contributed by atoms with Crippen molar-refractivity contribution in [2.75, 3.05) is 36.5 Å². The van der Waals surface area contributed by atoms with Crippen molar-refractivity contribution in [1.82, 2.24) is 4.98 Å². The van der Waals surface area contributed by atoms with Crippen LogP contribution in [0.2, 0.25) is 0 Å². The highest BCUT2D eigenvalue weighted by atomic mass is 16.5. The van der Waals surface area contributed by atoms with E-state index >= 15 is 0 Å². The van der Waals surface area contributed by atoms with Crippen molar-refractivity contribution in [3.63, 3.8) is 0 Å². The molecular weight excluding hydrogens is 314 g/mol. The second kappa shape index (κ2) is 6.91. The Bertz CT molecular complexity index is 904. The van der Waals surface area contributed by atoms with Crippen LogP contribution in [-0.2, 0) is 4.74 Å². The van der Waals surface area contributed by atoms with Crippen LogP contribution in [0.4, 0.5) is 11.5 Å². The Balaban J connectivity index is 1.60. The molecule has 0 saturated carbocycles. The van der Waals surface area contributed by atoms with E-state index in [9.17, 15) is 4.79 Å². The average molecular weight is 333 g/mol. The van der Waals surface area contributed by atoms with Crippen molar-refractivity contribution in [3.05, 3.63) is 66.4 Å². The molecule has 1 saturated heterocycles. The molecule has 0 bridgehead atoms. The van der Waals surface area contributed by atoms with Gasteiger partial charge in [0.2, 0.25) is 0 Å². The second-order valence-corrected chi connectivity index (χ2v) is 5.99. The number of hydrogen-bond donors (Lipinski definition) is 1. The fourth-order valence-corrected chi connectivity index (χ4v) is 3.07. The van der Waals surface area contributed by atoms with Gasteiger partial charge in [0, 0.05) is 25.0 Å². The van der Waals surface area contributed by atoms with E-state index in [-0.39, 0.29) is 5.91 Å². The van der Waals surface area contributed by atoms with Crippen LogP contribution >= 0.6 is 0 Å². The minimum Gasteiger partial charge on any atom is -0.378 e. The molecule has 1 amide bonds. The van der Waals surface area contributed by atoms with Gasteiger partial charge < -0.3 is 15.0 Å². The molecule has 1 N–H and O–H groups in total. The third-order valence-electron chi connectivity index (χ3n) is 4.35. The van der Waals surface area contributed by atoms with E-state index in [4.69, 9.17) is 4.74 Å². The van der Waals surface area contributed by atoms with E-state index in [2.05, 4.69) is 21.3 Å². The number of aromatic nitrogens is 1. The summed E-state index contributed by atoms with van der Waals surface area (Å²) in [5.74, 6) is 0.564. The van der Waals surface area contributed by atoms with Gasteiger partial charge >= 0.3 is 0 Å². The van der Waals surface area contributed by atoms with Crippen molar-refractivity contribution in [2.45, 2.75) is 0 Å². The number of carbonyl (C=O) groups is 1. The van der Waals surface area contributed by atoms with Gasteiger partial charge in [0.05, 0.1) is 18.8 Å². The number of nitrogens with one attached hydrogen (secondary N) is 1. The number of fused-ring (bicyclic) bond motifs is 1. The van der Waals surface area contributed by atoms with Gasteiger partial charge in [-0.15, -0.1) is 0 Å². The molecule has 25 heavy (non-hydrogen) atoms. The van der Waals surface area contributed by atoms with E-state index in [0.29, 0.717) is 24.6 Å². The summed E-state index contributed by atoms with van der Waals surface area (Å²) in [7, 11) is 0. The molecule has 4 rings (SSSR count). The van der Waals surface area contributed by atoms with Crippen LogP contribution in [0.1, 0.15) is 10.4 Å². The van der Waals surface area contributed by atoms with Gasteiger partial charge in [0.15, 0.2) is 0 Å². The number of benzene rings is 2. The quantitative estimate of drug-likeness (QED) is 0.799. The fraction of sp³-hybridized carbons (Fsp3) is 0.200. The zero-order valence-corrected chi connectivity index (χ0v) is 13.8. The maximum absolute atomic E-state index is 12.8. The predicted octanol–water partition coefficient (Wildman–Crippen LogP) is 3.32. The summed E-state index contributed by atoms with van der Waals surface area (Å²) in [4.78, 5) is 19.3. The third-order valence-corrected chi connectivity index (χ3v) is 4.35. The molecule has 0 aliphatic carbocycles. The normalized spacial score (nSPS) is 14.5. The Morgan fingerprint density at radius 3 is 2.64 bits per heavy atom. The summed E-state index contributed by atoms with van der Waals surface area (Å²) in [6.45, 7) is 2.80. The second-order valence-electron chi connectivity index (χ2n) is 5.99. The number of hydrogen-bond acceptors (Lipinski definition) is 4. The summed E-state index contributed by atoms with van der Waals surface area (Å²) < 4.78 is 5.39. The molecule has 1 fully saturated rings. The van der Waals surface area contributed by atoms with Crippen LogP contribution in [0.3, 0.4) is 0 Å². The molecule has 1 aliphatic rings. The summed E-state index contributed by atoms with van der Waals surface area (Å²) in [6.07, 6.45) is 1.72. The zero-order chi connectivity index (χ0) is 17.1. The molecule has 126 valence electrons. The van der Waals surface area contributed by atoms with Crippen LogP contribution < -0.4 is 10.2 Å². The number of ether oxygens (including phenoxy) is 1. The van der Waals surface area contributed by atoms with E-state index in [1.165, 1.54) is 0 Å². The SMILES string of the molecule is O=C(Nc1ccc2ccccc2c1)c1cccnc1N1CCOCC1. The van der Waals surface area contributed by atoms with Gasteiger partial charge in [0.1, 0.15) is 5.82 Å². The smallest absolute Gasteiger partial charge is 0.259 e. The van der Waals surface area contributed by atoms with Gasteiger partial charge in [-0.2, -0.15) is 0 Å². The van der Waals surface area contributed by atoms with Gasteiger partial charge in [0.25, 0.3) is 5.91 Å². The number of amides is 1. The van der Waals surface area contributed by atoms with Crippen molar-refractivity contribution < 1.29 is 9.53 Å². The van der Waals surface area contributed by atoms with E-state index in [1.807, 2.05) is 42.5 Å². The first kappa shape index (κ1) is 15.6. The van der Waals surface area contributed by atoms with Crippen LogP contribution in [-0.4, -0.2) is 37.2 Å². The van der Waals surface area contributed by atoms with Crippen molar-refractivity contribution in [2.24, 2.45) is 0 Å². The lowest BCUT2D eigenvalue weighted by atomic mass is 10.1. The summed E-state index contributed by atoms with van der Waals surface area (Å²) >= 11 is 0. The van der Waals surface area contributed by atoms with Gasteiger partial charge in [-0.3, -0.25) is 4.79 Å². The number of morpholine rings is 1. The Morgan fingerprint density at radius 2 is 1.80 bits per heavy atom. The number of rotatable bonds is 3.